The first-order valence-corrected chi connectivity index (χ1v) is 5.23. The molecule has 0 saturated heterocycles. The quantitative estimate of drug-likeness (QED) is 0.434. The fourth-order valence-electron chi connectivity index (χ4n) is 0.236. The lowest BCUT2D eigenvalue weighted by atomic mass is 10.6. The van der Waals surface area contributed by atoms with Crippen LogP contribution in [0.1, 0.15) is 12.8 Å². The molecular weight excluding hydrogens is 136 g/mol. The molecule has 0 saturated carbocycles. The highest BCUT2D eigenvalue weighted by atomic mass is 33.1. The molecule has 0 rings (SSSR count). The van der Waals surface area contributed by atoms with Gasteiger partial charge in [-0.05, 0) is 12.8 Å². The van der Waals surface area contributed by atoms with Crippen LogP contribution in [0, 0.1) is 13.8 Å². The summed E-state index contributed by atoms with van der Waals surface area (Å²) in [6.45, 7) is 7.47. The first kappa shape index (κ1) is 8.70. The van der Waals surface area contributed by atoms with Gasteiger partial charge in [0.25, 0.3) is 0 Å². The van der Waals surface area contributed by atoms with Crippen molar-refractivity contribution in [3.05, 3.63) is 13.8 Å². The van der Waals surface area contributed by atoms with E-state index in [0.717, 1.165) is 12.8 Å². The Balaban J connectivity index is 2.53. The SMILES string of the molecule is [CH2]CCSSCC[CH2]. The van der Waals surface area contributed by atoms with Gasteiger partial charge in [0.05, 0.1) is 0 Å². The van der Waals surface area contributed by atoms with E-state index in [1.165, 1.54) is 11.5 Å². The molecule has 0 aliphatic rings. The van der Waals surface area contributed by atoms with Crippen molar-refractivity contribution >= 4 is 21.6 Å². The van der Waals surface area contributed by atoms with Crippen molar-refractivity contribution < 1.29 is 0 Å². The average molecular weight is 148 g/mol. The minimum atomic E-state index is 1.04. The Morgan fingerprint density at radius 2 is 1.25 bits per heavy atom. The first-order chi connectivity index (χ1) is 3.91. The van der Waals surface area contributed by atoms with Crippen LogP contribution in [0.4, 0.5) is 0 Å². The molecule has 0 spiro atoms. The van der Waals surface area contributed by atoms with Crippen LogP contribution in [0.15, 0.2) is 0 Å². The van der Waals surface area contributed by atoms with Gasteiger partial charge < -0.3 is 0 Å². The van der Waals surface area contributed by atoms with E-state index in [0.29, 0.717) is 0 Å². The van der Waals surface area contributed by atoms with Gasteiger partial charge in [0.1, 0.15) is 0 Å². The fourth-order valence-corrected chi connectivity index (χ4v) is 2.12. The predicted molar refractivity (Wildman–Crippen MR) is 44.9 cm³/mol. The maximum absolute atomic E-state index is 3.73. The molecule has 0 aromatic heterocycles. The monoisotopic (exact) mass is 148 g/mol. The standard InChI is InChI=1S/C6H12S2/c1-3-5-7-8-6-4-2/h1-6H2. The Labute approximate surface area is 60.2 Å². The van der Waals surface area contributed by atoms with Crippen LogP contribution in [0.3, 0.4) is 0 Å². The van der Waals surface area contributed by atoms with Crippen LogP contribution < -0.4 is 0 Å². The Kier molecular flexibility index (Phi) is 8.37. The van der Waals surface area contributed by atoms with Gasteiger partial charge in [0.15, 0.2) is 0 Å². The second-order valence-electron chi connectivity index (χ2n) is 1.35. The predicted octanol–water partition coefficient (Wildman–Crippen LogP) is 2.82. The van der Waals surface area contributed by atoms with Crippen molar-refractivity contribution in [1.82, 2.24) is 0 Å². The van der Waals surface area contributed by atoms with Gasteiger partial charge >= 0.3 is 0 Å². The summed E-state index contributed by atoms with van der Waals surface area (Å²) in [6.07, 6.45) is 2.07. The summed E-state index contributed by atoms with van der Waals surface area (Å²) in [5.41, 5.74) is 0. The maximum Gasteiger partial charge on any atom is 0.00369 e. The molecule has 0 N–H and O–H groups in total. The highest BCUT2D eigenvalue weighted by Crippen LogP contribution is 2.21. The molecule has 0 aliphatic carbocycles. The minimum absolute atomic E-state index is 1.04. The Hall–Kier alpha value is 0.700. The van der Waals surface area contributed by atoms with Gasteiger partial charge in [0.2, 0.25) is 0 Å². The third-order valence-corrected chi connectivity index (χ3v) is 3.12. The molecule has 8 heavy (non-hydrogen) atoms. The Bertz CT molecular complexity index is 31.5. The number of rotatable bonds is 5. The highest BCUT2D eigenvalue weighted by molar-refractivity contribution is 8.76. The Morgan fingerprint density at radius 3 is 1.50 bits per heavy atom. The van der Waals surface area contributed by atoms with Gasteiger partial charge in [-0.15, -0.1) is 0 Å². The summed E-state index contributed by atoms with van der Waals surface area (Å²) in [6, 6.07) is 0. The van der Waals surface area contributed by atoms with Crippen LogP contribution in [0.25, 0.3) is 0 Å². The van der Waals surface area contributed by atoms with E-state index in [-0.39, 0.29) is 0 Å². The zero-order valence-electron chi connectivity index (χ0n) is 5.06. The molecular formula is C6H12S2. The summed E-state index contributed by atoms with van der Waals surface area (Å²) in [4.78, 5) is 0. The van der Waals surface area contributed by atoms with E-state index in [2.05, 4.69) is 13.8 Å². The van der Waals surface area contributed by atoms with Crippen LogP contribution in [0.5, 0.6) is 0 Å². The van der Waals surface area contributed by atoms with Crippen molar-refractivity contribution in [2.75, 3.05) is 11.5 Å². The van der Waals surface area contributed by atoms with Gasteiger partial charge in [-0.3, -0.25) is 0 Å². The second-order valence-corrected chi connectivity index (χ2v) is 4.05. The minimum Gasteiger partial charge on any atom is -0.0942 e. The van der Waals surface area contributed by atoms with Crippen molar-refractivity contribution in [3.63, 3.8) is 0 Å². The summed E-state index contributed by atoms with van der Waals surface area (Å²) in [7, 11) is 3.78. The molecule has 0 atom stereocenters. The van der Waals surface area contributed by atoms with E-state index in [1.807, 2.05) is 21.6 Å². The van der Waals surface area contributed by atoms with Crippen LogP contribution in [0.2, 0.25) is 0 Å². The van der Waals surface area contributed by atoms with E-state index in [4.69, 9.17) is 0 Å². The van der Waals surface area contributed by atoms with Crippen molar-refractivity contribution in [2.24, 2.45) is 0 Å². The smallest absolute Gasteiger partial charge is 0.00369 e. The lowest BCUT2D eigenvalue weighted by Gasteiger charge is -1.93. The second kappa shape index (κ2) is 7.70. The van der Waals surface area contributed by atoms with Gasteiger partial charge in [-0.1, -0.05) is 35.4 Å². The van der Waals surface area contributed by atoms with E-state index in [9.17, 15) is 0 Å². The lowest BCUT2D eigenvalue weighted by molar-refractivity contribution is 1.25. The molecule has 0 bridgehead atoms. The summed E-state index contributed by atoms with van der Waals surface area (Å²) >= 11 is 0. The highest BCUT2D eigenvalue weighted by Gasteiger charge is 1.83. The molecule has 2 heteroatoms. The summed E-state index contributed by atoms with van der Waals surface area (Å²) in [5.74, 6) is 2.34. The zero-order valence-corrected chi connectivity index (χ0v) is 6.69. The van der Waals surface area contributed by atoms with Crippen molar-refractivity contribution in [3.8, 4) is 0 Å². The molecule has 0 aliphatic heterocycles. The molecule has 0 aromatic rings. The average Bonchev–Trinajstić information content (AvgIpc) is 1.81. The van der Waals surface area contributed by atoms with E-state index >= 15 is 0 Å². The van der Waals surface area contributed by atoms with Gasteiger partial charge in [-0.25, -0.2) is 0 Å². The molecule has 0 fully saturated rings. The van der Waals surface area contributed by atoms with Crippen LogP contribution in [-0.4, -0.2) is 11.5 Å². The summed E-state index contributed by atoms with van der Waals surface area (Å²) in [5, 5.41) is 0. The van der Waals surface area contributed by atoms with Crippen LogP contribution >= 0.6 is 21.6 Å². The molecule has 0 amide bonds. The van der Waals surface area contributed by atoms with Crippen molar-refractivity contribution in [1.29, 1.82) is 0 Å². The van der Waals surface area contributed by atoms with Crippen LogP contribution in [-0.2, 0) is 0 Å². The maximum atomic E-state index is 3.73. The number of hydrogen-bond acceptors (Lipinski definition) is 2. The largest absolute Gasteiger partial charge is 0.0942 e. The lowest BCUT2D eigenvalue weighted by Crippen LogP contribution is -1.71. The molecule has 0 nitrogen and oxygen atoms in total. The zero-order chi connectivity index (χ0) is 6.24. The normalized spacial score (nSPS) is 9.75. The third-order valence-electron chi connectivity index (χ3n) is 0.539. The molecule has 2 radical (unpaired) electrons. The molecule has 0 unspecified atom stereocenters. The van der Waals surface area contributed by atoms with Crippen molar-refractivity contribution in [2.45, 2.75) is 12.8 Å². The third kappa shape index (κ3) is 6.70. The molecule has 0 aromatic carbocycles. The van der Waals surface area contributed by atoms with E-state index in [1.54, 1.807) is 0 Å². The van der Waals surface area contributed by atoms with Gasteiger partial charge in [-0.2, -0.15) is 0 Å². The van der Waals surface area contributed by atoms with Gasteiger partial charge in [0, 0.05) is 11.5 Å². The van der Waals surface area contributed by atoms with E-state index < -0.39 is 0 Å². The molecule has 48 valence electrons. The first-order valence-electron chi connectivity index (χ1n) is 2.74. The fraction of sp³-hybridized carbons (Fsp3) is 0.667. The molecule has 0 heterocycles. The number of hydrogen-bond donors (Lipinski definition) is 0. The topological polar surface area (TPSA) is 0 Å². The Morgan fingerprint density at radius 1 is 0.875 bits per heavy atom. The summed E-state index contributed by atoms with van der Waals surface area (Å²) < 4.78 is 0.